The van der Waals surface area contributed by atoms with Crippen molar-refractivity contribution >= 4 is 23.6 Å². The van der Waals surface area contributed by atoms with Crippen LogP contribution in [-0.2, 0) is 0 Å². The summed E-state index contributed by atoms with van der Waals surface area (Å²) in [5, 5.41) is 0. The topological polar surface area (TPSA) is 44.8 Å². The van der Waals surface area contributed by atoms with Crippen LogP contribution in [0.2, 0.25) is 0 Å². The van der Waals surface area contributed by atoms with Gasteiger partial charge in [-0.05, 0) is 42.2 Å². The number of hydrogen-bond donors (Lipinski definition) is 0. The Balaban J connectivity index is 2.29. The molecule has 0 N–H and O–H groups in total. The molecule has 2 aromatic rings. The van der Waals surface area contributed by atoms with Crippen molar-refractivity contribution in [1.82, 2.24) is 0 Å². The fourth-order valence-corrected chi connectivity index (χ4v) is 2.77. The van der Waals surface area contributed by atoms with E-state index in [4.69, 9.17) is 14.2 Å². The third-order valence-corrected chi connectivity index (χ3v) is 4.27. The highest BCUT2D eigenvalue weighted by molar-refractivity contribution is 7.98. The number of hydrogen-bond acceptors (Lipinski definition) is 5. The van der Waals surface area contributed by atoms with Gasteiger partial charge in [0.25, 0.3) is 0 Å². The van der Waals surface area contributed by atoms with Crippen molar-refractivity contribution in [3.8, 4) is 17.2 Å². The van der Waals surface area contributed by atoms with Crippen LogP contribution in [-0.4, -0.2) is 33.4 Å². The van der Waals surface area contributed by atoms with Crippen molar-refractivity contribution in [2.75, 3.05) is 27.6 Å². The smallest absolute Gasteiger partial charge is 0.189 e. The third-order valence-electron chi connectivity index (χ3n) is 3.51. The molecular formula is C19H20O4S. The van der Waals surface area contributed by atoms with Gasteiger partial charge in [0.05, 0.1) is 31.8 Å². The number of carbonyl (C=O) groups excluding carboxylic acids is 1. The molecule has 5 heteroatoms. The molecule has 126 valence electrons. The largest absolute Gasteiger partial charge is 0.497 e. The van der Waals surface area contributed by atoms with Gasteiger partial charge in [-0.1, -0.05) is 18.2 Å². The van der Waals surface area contributed by atoms with Gasteiger partial charge in [0.1, 0.15) is 17.2 Å². The number of rotatable bonds is 7. The molecule has 0 radical (unpaired) electrons. The first-order valence-corrected chi connectivity index (χ1v) is 8.52. The van der Waals surface area contributed by atoms with Crippen LogP contribution in [0.5, 0.6) is 17.2 Å². The van der Waals surface area contributed by atoms with Gasteiger partial charge >= 0.3 is 0 Å². The highest BCUT2D eigenvalue weighted by atomic mass is 32.2. The molecule has 2 aromatic carbocycles. The fourth-order valence-electron chi connectivity index (χ4n) is 2.20. The van der Waals surface area contributed by atoms with Gasteiger partial charge < -0.3 is 14.2 Å². The molecule has 24 heavy (non-hydrogen) atoms. The van der Waals surface area contributed by atoms with E-state index in [1.165, 1.54) is 17.8 Å². The summed E-state index contributed by atoms with van der Waals surface area (Å²) in [4.78, 5) is 13.5. The van der Waals surface area contributed by atoms with Crippen molar-refractivity contribution in [3.63, 3.8) is 0 Å². The first-order valence-electron chi connectivity index (χ1n) is 7.29. The van der Waals surface area contributed by atoms with E-state index in [1.807, 2.05) is 36.6 Å². The highest BCUT2D eigenvalue weighted by Crippen LogP contribution is 2.34. The van der Waals surface area contributed by atoms with E-state index in [1.54, 1.807) is 33.5 Å². The Morgan fingerprint density at radius 1 is 0.958 bits per heavy atom. The molecule has 4 nitrogen and oxygen atoms in total. The summed E-state index contributed by atoms with van der Waals surface area (Å²) < 4.78 is 15.8. The molecule has 0 aromatic heterocycles. The normalized spacial score (nSPS) is 10.7. The summed E-state index contributed by atoms with van der Waals surface area (Å²) in [5.41, 5.74) is 1.38. The van der Waals surface area contributed by atoms with Crippen LogP contribution in [0.3, 0.4) is 0 Å². The molecule has 2 rings (SSSR count). The van der Waals surface area contributed by atoms with Gasteiger partial charge in [0, 0.05) is 0 Å². The number of benzene rings is 2. The molecule has 0 saturated carbocycles. The minimum absolute atomic E-state index is 0.145. The molecule has 0 spiro atoms. The molecule has 0 atom stereocenters. The van der Waals surface area contributed by atoms with Crippen molar-refractivity contribution < 1.29 is 19.0 Å². The van der Waals surface area contributed by atoms with Crippen molar-refractivity contribution in [2.24, 2.45) is 0 Å². The number of ether oxygens (including phenoxy) is 3. The zero-order valence-electron chi connectivity index (χ0n) is 14.2. The summed E-state index contributed by atoms with van der Waals surface area (Å²) in [6.07, 6.45) is 5.23. The Hall–Kier alpha value is -2.40. The van der Waals surface area contributed by atoms with E-state index in [9.17, 15) is 4.79 Å². The van der Waals surface area contributed by atoms with Crippen molar-refractivity contribution in [1.29, 1.82) is 0 Å². The van der Waals surface area contributed by atoms with Gasteiger partial charge in [-0.2, -0.15) is 0 Å². The van der Waals surface area contributed by atoms with Crippen LogP contribution >= 0.6 is 11.8 Å². The Kier molecular flexibility index (Phi) is 6.32. The second kappa shape index (κ2) is 8.45. The lowest BCUT2D eigenvalue weighted by Crippen LogP contribution is -2.01. The Bertz CT molecular complexity index is 736. The number of carbonyl (C=O) groups is 1. The van der Waals surface area contributed by atoms with Gasteiger partial charge in [-0.15, -0.1) is 11.8 Å². The van der Waals surface area contributed by atoms with Gasteiger partial charge in [0.2, 0.25) is 0 Å². The van der Waals surface area contributed by atoms with E-state index in [0.717, 1.165) is 16.2 Å². The van der Waals surface area contributed by atoms with Crippen LogP contribution in [0.25, 0.3) is 6.08 Å². The molecule has 0 fully saturated rings. The maximum Gasteiger partial charge on any atom is 0.189 e. The third kappa shape index (κ3) is 4.11. The van der Waals surface area contributed by atoms with Crippen LogP contribution < -0.4 is 14.2 Å². The molecule has 0 aliphatic carbocycles. The average Bonchev–Trinajstić information content (AvgIpc) is 2.65. The summed E-state index contributed by atoms with van der Waals surface area (Å²) >= 11 is 1.54. The molecule has 0 bridgehead atoms. The van der Waals surface area contributed by atoms with Crippen molar-refractivity contribution in [3.05, 3.63) is 53.6 Å². The number of thioether (sulfide) groups is 1. The average molecular weight is 344 g/mol. The monoisotopic (exact) mass is 344 g/mol. The fraction of sp³-hybridized carbons (Fsp3) is 0.211. The van der Waals surface area contributed by atoms with Gasteiger partial charge in [-0.25, -0.2) is 0 Å². The predicted octanol–water partition coefficient (Wildman–Crippen LogP) is 4.33. The molecule has 0 aliphatic heterocycles. The van der Waals surface area contributed by atoms with E-state index in [0.29, 0.717) is 17.1 Å². The second-order valence-electron chi connectivity index (χ2n) is 4.88. The molecule has 0 aliphatic rings. The van der Waals surface area contributed by atoms with Crippen LogP contribution in [0.4, 0.5) is 0 Å². The minimum Gasteiger partial charge on any atom is -0.497 e. The summed E-state index contributed by atoms with van der Waals surface area (Å²) in [5.74, 6) is 1.82. The SMILES string of the molecule is COc1ccc(C=CC(=O)c2cc(OC)c(SC)cc2OC)cc1. The van der Waals surface area contributed by atoms with E-state index < -0.39 is 0 Å². The second-order valence-corrected chi connectivity index (χ2v) is 5.73. The minimum atomic E-state index is -0.145. The first-order chi connectivity index (χ1) is 11.6. The molecular weight excluding hydrogens is 324 g/mol. The summed E-state index contributed by atoms with van der Waals surface area (Å²) in [7, 11) is 4.76. The van der Waals surface area contributed by atoms with Crippen LogP contribution in [0, 0.1) is 0 Å². The molecule has 0 saturated heterocycles. The molecule has 0 heterocycles. The lowest BCUT2D eigenvalue weighted by atomic mass is 10.1. The highest BCUT2D eigenvalue weighted by Gasteiger charge is 2.15. The Morgan fingerprint density at radius 2 is 1.62 bits per heavy atom. The number of methoxy groups -OCH3 is 3. The van der Waals surface area contributed by atoms with E-state index in [-0.39, 0.29) is 5.78 Å². The Morgan fingerprint density at radius 3 is 2.17 bits per heavy atom. The van der Waals surface area contributed by atoms with Crippen molar-refractivity contribution in [2.45, 2.75) is 4.90 Å². The van der Waals surface area contributed by atoms with E-state index in [2.05, 4.69) is 0 Å². The number of allylic oxidation sites excluding steroid dienone is 1. The zero-order chi connectivity index (χ0) is 17.5. The lowest BCUT2D eigenvalue weighted by Gasteiger charge is -2.12. The zero-order valence-corrected chi connectivity index (χ0v) is 15.0. The summed E-state index contributed by atoms with van der Waals surface area (Å²) in [6.45, 7) is 0. The van der Waals surface area contributed by atoms with Crippen LogP contribution in [0.15, 0.2) is 47.4 Å². The first kappa shape index (κ1) is 17.9. The Labute approximate surface area is 146 Å². The predicted molar refractivity (Wildman–Crippen MR) is 97.7 cm³/mol. The summed E-state index contributed by atoms with van der Waals surface area (Å²) in [6, 6.07) is 11.0. The van der Waals surface area contributed by atoms with E-state index >= 15 is 0 Å². The van der Waals surface area contributed by atoms with Crippen LogP contribution in [0.1, 0.15) is 15.9 Å². The number of ketones is 1. The maximum absolute atomic E-state index is 12.5. The lowest BCUT2D eigenvalue weighted by molar-refractivity contribution is 0.104. The standard InChI is InChI=1S/C19H20O4S/c1-21-14-8-5-13(6-9-14)7-10-16(20)15-11-18(23-3)19(24-4)12-17(15)22-2/h5-12H,1-4H3. The quantitative estimate of drug-likeness (QED) is 0.425. The van der Waals surface area contributed by atoms with Gasteiger partial charge in [-0.3, -0.25) is 4.79 Å². The maximum atomic E-state index is 12.5. The van der Waals surface area contributed by atoms with Gasteiger partial charge in [0.15, 0.2) is 5.78 Å². The molecule has 0 amide bonds. The molecule has 0 unspecified atom stereocenters.